The van der Waals surface area contributed by atoms with Crippen LogP contribution in [0.1, 0.15) is 35.5 Å². The third kappa shape index (κ3) is 6.16. The van der Waals surface area contributed by atoms with Crippen LogP contribution in [0.15, 0.2) is 65.3 Å². The monoisotopic (exact) mass is 449 g/mol. The SMILES string of the molecule is COc1ccc(C(=O)N(Cc2ccco2)Cc2cc(NC(=O)C(C)C)ccc2N(C)C)cc1. The van der Waals surface area contributed by atoms with Crippen molar-refractivity contribution in [3.05, 3.63) is 77.7 Å². The van der Waals surface area contributed by atoms with Crippen LogP contribution in [0, 0.1) is 5.92 Å². The maximum atomic E-state index is 13.5. The highest BCUT2D eigenvalue weighted by atomic mass is 16.5. The maximum absolute atomic E-state index is 13.5. The summed E-state index contributed by atoms with van der Waals surface area (Å²) < 4.78 is 10.7. The van der Waals surface area contributed by atoms with E-state index >= 15 is 0 Å². The van der Waals surface area contributed by atoms with Gasteiger partial charge in [-0.2, -0.15) is 0 Å². The van der Waals surface area contributed by atoms with E-state index in [2.05, 4.69) is 5.32 Å². The number of amides is 2. The second-order valence-electron chi connectivity index (χ2n) is 8.35. The molecule has 1 aromatic heterocycles. The van der Waals surface area contributed by atoms with Crippen LogP contribution in [0.2, 0.25) is 0 Å². The minimum atomic E-state index is -0.130. The molecule has 3 rings (SSSR count). The summed E-state index contributed by atoms with van der Waals surface area (Å²) in [6.07, 6.45) is 1.60. The molecule has 2 aromatic carbocycles. The Kier molecular flexibility index (Phi) is 7.77. The van der Waals surface area contributed by atoms with Gasteiger partial charge in [0, 0.05) is 43.5 Å². The fraction of sp³-hybridized carbons (Fsp3) is 0.308. The maximum Gasteiger partial charge on any atom is 0.254 e. The van der Waals surface area contributed by atoms with Gasteiger partial charge in [0.25, 0.3) is 5.91 Å². The zero-order valence-electron chi connectivity index (χ0n) is 19.8. The van der Waals surface area contributed by atoms with Gasteiger partial charge in [-0.05, 0) is 60.2 Å². The van der Waals surface area contributed by atoms with Crippen LogP contribution in [-0.4, -0.2) is 37.9 Å². The van der Waals surface area contributed by atoms with Gasteiger partial charge in [-0.15, -0.1) is 0 Å². The van der Waals surface area contributed by atoms with E-state index in [4.69, 9.17) is 9.15 Å². The Balaban J connectivity index is 1.94. The second-order valence-corrected chi connectivity index (χ2v) is 8.35. The highest BCUT2D eigenvalue weighted by Gasteiger charge is 2.20. The van der Waals surface area contributed by atoms with Gasteiger partial charge in [0.15, 0.2) is 0 Å². The second kappa shape index (κ2) is 10.7. The van der Waals surface area contributed by atoms with Crippen molar-refractivity contribution in [2.45, 2.75) is 26.9 Å². The Hall–Kier alpha value is -3.74. The molecule has 33 heavy (non-hydrogen) atoms. The average molecular weight is 450 g/mol. The van der Waals surface area contributed by atoms with E-state index < -0.39 is 0 Å². The first-order valence-corrected chi connectivity index (χ1v) is 10.8. The lowest BCUT2D eigenvalue weighted by atomic mass is 10.1. The lowest BCUT2D eigenvalue weighted by molar-refractivity contribution is -0.118. The molecule has 0 saturated carbocycles. The van der Waals surface area contributed by atoms with Gasteiger partial charge in [0.2, 0.25) is 5.91 Å². The third-order valence-corrected chi connectivity index (χ3v) is 5.27. The van der Waals surface area contributed by atoms with E-state index in [1.54, 1.807) is 48.6 Å². The van der Waals surface area contributed by atoms with E-state index in [1.807, 2.05) is 57.1 Å². The molecule has 174 valence electrons. The van der Waals surface area contributed by atoms with E-state index in [-0.39, 0.29) is 17.7 Å². The number of carbonyl (C=O) groups is 2. The van der Waals surface area contributed by atoms with Crippen molar-refractivity contribution in [2.75, 3.05) is 31.4 Å². The fourth-order valence-electron chi connectivity index (χ4n) is 3.42. The third-order valence-electron chi connectivity index (χ3n) is 5.27. The highest BCUT2D eigenvalue weighted by Crippen LogP contribution is 2.26. The lowest BCUT2D eigenvalue weighted by Gasteiger charge is -2.26. The number of hydrogen-bond acceptors (Lipinski definition) is 5. The zero-order valence-corrected chi connectivity index (χ0v) is 19.8. The molecular weight excluding hydrogens is 418 g/mol. The van der Waals surface area contributed by atoms with Gasteiger partial charge in [-0.3, -0.25) is 9.59 Å². The molecule has 0 aliphatic rings. The Morgan fingerprint density at radius 3 is 2.33 bits per heavy atom. The minimum Gasteiger partial charge on any atom is -0.497 e. The lowest BCUT2D eigenvalue weighted by Crippen LogP contribution is -2.31. The smallest absolute Gasteiger partial charge is 0.254 e. The number of anilines is 2. The molecule has 0 spiro atoms. The molecule has 0 unspecified atom stereocenters. The Labute approximate surface area is 194 Å². The molecule has 1 heterocycles. The molecular formula is C26H31N3O4. The van der Waals surface area contributed by atoms with Crippen molar-refractivity contribution in [1.82, 2.24) is 4.90 Å². The van der Waals surface area contributed by atoms with Crippen LogP contribution in [0.4, 0.5) is 11.4 Å². The summed E-state index contributed by atoms with van der Waals surface area (Å²) >= 11 is 0. The number of nitrogens with one attached hydrogen (secondary N) is 1. The first kappa shape index (κ1) is 23.9. The van der Waals surface area contributed by atoms with E-state index in [0.29, 0.717) is 35.9 Å². The molecule has 0 fully saturated rings. The Morgan fingerprint density at radius 2 is 1.76 bits per heavy atom. The van der Waals surface area contributed by atoms with Crippen LogP contribution in [-0.2, 0) is 17.9 Å². The summed E-state index contributed by atoms with van der Waals surface area (Å²) in [5, 5.41) is 2.95. The molecule has 7 heteroatoms. The molecule has 2 amide bonds. The normalized spacial score (nSPS) is 10.7. The minimum absolute atomic E-state index is 0.0553. The van der Waals surface area contributed by atoms with E-state index in [1.165, 1.54) is 0 Å². The van der Waals surface area contributed by atoms with E-state index in [9.17, 15) is 9.59 Å². The Morgan fingerprint density at radius 1 is 1.03 bits per heavy atom. The number of methoxy groups -OCH3 is 1. The standard InChI is InChI=1S/C26H31N3O4/c1-18(2)25(30)27-21-10-13-24(28(3)4)20(15-21)16-29(17-23-7-6-14-33-23)26(31)19-8-11-22(32-5)12-9-19/h6-15,18H,16-17H2,1-5H3,(H,27,30). The largest absolute Gasteiger partial charge is 0.497 e. The fourth-order valence-corrected chi connectivity index (χ4v) is 3.42. The van der Waals surface area contributed by atoms with Crippen LogP contribution in [0.5, 0.6) is 5.75 Å². The number of nitrogens with zero attached hydrogens (tertiary/aromatic N) is 2. The number of benzene rings is 2. The summed E-state index contributed by atoms with van der Waals surface area (Å²) in [6.45, 7) is 4.35. The van der Waals surface area contributed by atoms with Crippen LogP contribution in [0.25, 0.3) is 0 Å². The van der Waals surface area contributed by atoms with Crippen LogP contribution < -0.4 is 15.0 Å². The molecule has 0 aliphatic heterocycles. The van der Waals surface area contributed by atoms with Crippen LogP contribution in [0.3, 0.4) is 0 Å². The van der Waals surface area contributed by atoms with Crippen molar-refractivity contribution >= 4 is 23.2 Å². The van der Waals surface area contributed by atoms with Crippen LogP contribution >= 0.6 is 0 Å². The van der Waals surface area contributed by atoms with Gasteiger partial charge >= 0.3 is 0 Å². The first-order valence-electron chi connectivity index (χ1n) is 10.8. The molecule has 0 radical (unpaired) electrons. The first-order chi connectivity index (χ1) is 15.8. The van der Waals surface area contributed by atoms with Crippen molar-refractivity contribution in [3.63, 3.8) is 0 Å². The molecule has 0 saturated heterocycles. The molecule has 1 N–H and O–H groups in total. The summed E-state index contributed by atoms with van der Waals surface area (Å²) in [7, 11) is 5.49. The molecule has 3 aromatic rings. The van der Waals surface area contributed by atoms with Gasteiger partial charge in [-0.1, -0.05) is 13.8 Å². The summed E-state index contributed by atoms with van der Waals surface area (Å²) in [6, 6.07) is 16.4. The van der Waals surface area contributed by atoms with Crippen molar-refractivity contribution in [1.29, 1.82) is 0 Å². The number of ether oxygens (including phenoxy) is 1. The van der Waals surface area contributed by atoms with Crippen molar-refractivity contribution < 1.29 is 18.7 Å². The van der Waals surface area contributed by atoms with Gasteiger partial charge < -0.3 is 24.3 Å². The summed E-state index contributed by atoms with van der Waals surface area (Å²) in [5.41, 5.74) is 3.13. The number of rotatable bonds is 9. The zero-order chi connectivity index (χ0) is 24.0. The predicted octanol–water partition coefficient (Wildman–Crippen LogP) is 4.79. The van der Waals surface area contributed by atoms with Gasteiger partial charge in [0.05, 0.1) is 19.9 Å². The molecule has 7 nitrogen and oxygen atoms in total. The predicted molar refractivity (Wildman–Crippen MR) is 130 cm³/mol. The van der Waals surface area contributed by atoms with Crippen molar-refractivity contribution in [2.24, 2.45) is 5.92 Å². The molecule has 0 aliphatic carbocycles. The highest BCUT2D eigenvalue weighted by molar-refractivity contribution is 5.94. The topological polar surface area (TPSA) is 75.0 Å². The quantitative estimate of drug-likeness (QED) is 0.508. The van der Waals surface area contributed by atoms with Gasteiger partial charge in [-0.25, -0.2) is 0 Å². The molecule has 0 atom stereocenters. The van der Waals surface area contributed by atoms with E-state index in [0.717, 1.165) is 11.3 Å². The average Bonchev–Trinajstić information content (AvgIpc) is 3.31. The molecule has 0 bridgehead atoms. The summed E-state index contributed by atoms with van der Waals surface area (Å²) in [5.74, 6) is 1.06. The Bertz CT molecular complexity index is 1070. The summed E-state index contributed by atoms with van der Waals surface area (Å²) in [4.78, 5) is 29.4. The number of hydrogen-bond donors (Lipinski definition) is 1. The number of carbonyl (C=O) groups excluding carboxylic acids is 2. The van der Waals surface area contributed by atoms with Crippen molar-refractivity contribution in [3.8, 4) is 5.75 Å². The van der Waals surface area contributed by atoms with Gasteiger partial charge in [0.1, 0.15) is 11.5 Å². The number of furan rings is 1.